The van der Waals surface area contributed by atoms with Crippen LogP contribution in [-0.4, -0.2) is 56.2 Å². The van der Waals surface area contributed by atoms with Crippen molar-refractivity contribution in [2.24, 2.45) is 0 Å². The predicted octanol–water partition coefficient (Wildman–Crippen LogP) is 4.81. The molecule has 0 saturated carbocycles. The Balaban J connectivity index is 1.69. The molecule has 4 rings (SSSR count). The van der Waals surface area contributed by atoms with Crippen molar-refractivity contribution < 1.29 is 53.9 Å². The summed E-state index contributed by atoms with van der Waals surface area (Å²) in [5, 5.41) is 37.3. The fourth-order valence-corrected chi connectivity index (χ4v) is 3.96. The monoisotopic (exact) mass is 554 g/mol. The highest BCUT2D eigenvalue weighted by Crippen LogP contribution is 2.27. The molecule has 204 valence electrons. The molecule has 41 heavy (non-hydrogen) atoms. The summed E-state index contributed by atoms with van der Waals surface area (Å²) in [6.45, 7) is 0. The van der Waals surface area contributed by atoms with Gasteiger partial charge in [-0.3, -0.25) is 0 Å². The molecule has 0 unspecified atom stereocenters. The van der Waals surface area contributed by atoms with Gasteiger partial charge in [0.25, 0.3) is 0 Å². The van der Waals surface area contributed by atoms with E-state index < -0.39 is 58.1 Å². The zero-order valence-electron chi connectivity index (χ0n) is 20.7. The molecule has 0 saturated heterocycles. The van der Waals surface area contributed by atoms with Crippen LogP contribution in [0, 0.1) is 0 Å². The summed E-state index contributed by atoms with van der Waals surface area (Å²) in [6, 6.07) is 18.4. The van der Waals surface area contributed by atoms with Crippen LogP contribution in [0.5, 0.6) is 0 Å². The van der Waals surface area contributed by atoms with Gasteiger partial charge in [0.1, 0.15) is 0 Å². The third kappa shape index (κ3) is 5.99. The molecule has 11 heteroatoms. The number of carbonyl (C=O) groups excluding carboxylic acids is 2. The maximum Gasteiger partial charge on any atom is 0.346 e. The average Bonchev–Trinajstić information content (AvgIpc) is 2.96. The highest BCUT2D eigenvalue weighted by Gasteiger charge is 2.25. The molecule has 4 N–H and O–H groups in total. The summed E-state index contributed by atoms with van der Waals surface area (Å²) in [4.78, 5) is 71.9. The van der Waals surface area contributed by atoms with Crippen molar-refractivity contribution in [3.8, 4) is 22.3 Å². The van der Waals surface area contributed by atoms with E-state index in [-0.39, 0.29) is 11.1 Å². The minimum atomic E-state index is -1.49. The molecule has 0 amide bonds. The van der Waals surface area contributed by atoms with Gasteiger partial charge in [0.15, 0.2) is 0 Å². The lowest BCUT2D eigenvalue weighted by Gasteiger charge is -2.11. The number of esters is 2. The molecule has 0 aliphatic heterocycles. The minimum absolute atomic E-state index is 0.00966. The van der Waals surface area contributed by atoms with E-state index in [2.05, 4.69) is 0 Å². The van der Waals surface area contributed by atoms with Crippen molar-refractivity contribution in [3.63, 3.8) is 0 Å². The summed E-state index contributed by atoms with van der Waals surface area (Å²) in [5.41, 5.74) is -0.409. The van der Waals surface area contributed by atoms with E-state index in [1.54, 1.807) is 0 Å². The molecule has 0 atom stereocenters. The Morgan fingerprint density at radius 1 is 0.390 bits per heavy atom. The molecule has 0 spiro atoms. The number of hydrogen-bond donors (Lipinski definition) is 4. The van der Waals surface area contributed by atoms with Gasteiger partial charge in [0.2, 0.25) is 0 Å². The Kier molecular flexibility index (Phi) is 7.72. The van der Waals surface area contributed by atoms with Crippen LogP contribution in [0.4, 0.5) is 0 Å². The zero-order chi connectivity index (χ0) is 29.8. The first-order chi connectivity index (χ1) is 19.5. The second-order valence-corrected chi connectivity index (χ2v) is 8.57. The molecule has 0 aliphatic rings. The fourth-order valence-electron chi connectivity index (χ4n) is 3.96. The molecule has 4 aromatic rings. The normalized spacial score (nSPS) is 10.4. The third-order valence-corrected chi connectivity index (χ3v) is 6.06. The number of rotatable bonds is 8. The van der Waals surface area contributed by atoms with Crippen LogP contribution in [-0.2, 0) is 4.74 Å². The maximum atomic E-state index is 13.0. The molecule has 4 aromatic carbocycles. The van der Waals surface area contributed by atoms with Crippen molar-refractivity contribution in [1.82, 2.24) is 0 Å². The van der Waals surface area contributed by atoms with Gasteiger partial charge >= 0.3 is 35.8 Å². The van der Waals surface area contributed by atoms with E-state index in [0.29, 0.717) is 22.3 Å². The molecule has 0 heterocycles. The largest absolute Gasteiger partial charge is 0.478 e. The molecule has 0 bridgehead atoms. The van der Waals surface area contributed by atoms with Crippen molar-refractivity contribution in [1.29, 1.82) is 0 Å². The highest BCUT2D eigenvalue weighted by molar-refractivity contribution is 6.11. The van der Waals surface area contributed by atoms with E-state index >= 15 is 0 Å². The quantitative estimate of drug-likeness (QED) is 0.172. The standard InChI is InChI=1S/C30H18O11/c31-25(32)17-5-1-15(2-6-17)19-9-11-21(27(35)36)23(13-19)29(39)41-30(40)24-14-20(10-12-22(24)28(37)38)16-3-7-18(8-4-16)26(33)34/h1-14H,(H,31,32)(H,33,34)(H,35,36)(H,37,38). The first-order valence-electron chi connectivity index (χ1n) is 11.6. The Hall–Kier alpha value is -6.10. The molecule has 0 aliphatic carbocycles. The van der Waals surface area contributed by atoms with Crippen LogP contribution in [0.15, 0.2) is 84.9 Å². The van der Waals surface area contributed by atoms with Gasteiger partial charge in [-0.2, -0.15) is 0 Å². The second kappa shape index (κ2) is 11.3. The van der Waals surface area contributed by atoms with Crippen LogP contribution < -0.4 is 0 Å². The van der Waals surface area contributed by atoms with E-state index in [0.717, 1.165) is 24.3 Å². The van der Waals surface area contributed by atoms with E-state index in [1.807, 2.05) is 0 Å². The van der Waals surface area contributed by atoms with Crippen molar-refractivity contribution in [3.05, 3.63) is 118 Å². The summed E-state index contributed by atoms with van der Waals surface area (Å²) < 4.78 is 4.93. The lowest BCUT2D eigenvalue weighted by Crippen LogP contribution is -2.18. The third-order valence-electron chi connectivity index (χ3n) is 6.06. The second-order valence-electron chi connectivity index (χ2n) is 8.57. The van der Waals surface area contributed by atoms with Gasteiger partial charge in [-0.25, -0.2) is 28.8 Å². The summed E-state index contributed by atoms with van der Waals surface area (Å²) >= 11 is 0. The molecule has 0 radical (unpaired) electrons. The number of ether oxygens (including phenoxy) is 1. The van der Waals surface area contributed by atoms with Crippen molar-refractivity contribution in [2.45, 2.75) is 0 Å². The highest BCUT2D eigenvalue weighted by atomic mass is 16.6. The van der Waals surface area contributed by atoms with Gasteiger partial charge in [0, 0.05) is 0 Å². The first kappa shape index (κ1) is 27.9. The Morgan fingerprint density at radius 2 is 0.707 bits per heavy atom. The van der Waals surface area contributed by atoms with Crippen LogP contribution in [0.1, 0.15) is 62.1 Å². The number of carbonyl (C=O) groups is 6. The number of carboxylic acid groups (broad SMARTS) is 4. The van der Waals surface area contributed by atoms with Crippen LogP contribution in [0.2, 0.25) is 0 Å². The van der Waals surface area contributed by atoms with Crippen molar-refractivity contribution >= 4 is 35.8 Å². The van der Waals surface area contributed by atoms with Crippen molar-refractivity contribution in [2.75, 3.05) is 0 Å². The van der Waals surface area contributed by atoms with E-state index in [1.165, 1.54) is 60.7 Å². The Morgan fingerprint density at radius 3 is 1.00 bits per heavy atom. The predicted molar refractivity (Wildman–Crippen MR) is 141 cm³/mol. The zero-order valence-corrected chi connectivity index (χ0v) is 20.7. The SMILES string of the molecule is O=C(O)c1ccc(-c2ccc(C(=O)O)c(C(=O)OC(=O)c3cc(-c4ccc(C(=O)O)cc4)ccc3C(=O)O)c2)cc1. The molecular formula is C30H18O11. The first-order valence-corrected chi connectivity index (χ1v) is 11.6. The van der Waals surface area contributed by atoms with Gasteiger partial charge in [-0.05, 0) is 70.8 Å². The van der Waals surface area contributed by atoms with Crippen LogP contribution in [0.25, 0.3) is 22.3 Å². The van der Waals surface area contributed by atoms with E-state index in [4.69, 9.17) is 14.9 Å². The smallest absolute Gasteiger partial charge is 0.346 e. The number of hydrogen-bond acceptors (Lipinski definition) is 7. The molecular weight excluding hydrogens is 536 g/mol. The van der Waals surface area contributed by atoms with Crippen LogP contribution in [0.3, 0.4) is 0 Å². The molecule has 11 nitrogen and oxygen atoms in total. The van der Waals surface area contributed by atoms with Gasteiger partial charge in [0.05, 0.1) is 33.4 Å². The fraction of sp³-hybridized carbons (Fsp3) is 0. The average molecular weight is 554 g/mol. The summed E-state index contributed by atoms with van der Waals surface area (Å²) in [7, 11) is 0. The lowest BCUT2D eigenvalue weighted by molar-refractivity contribution is 0.0386. The summed E-state index contributed by atoms with van der Waals surface area (Å²) in [6.07, 6.45) is 0. The number of benzene rings is 4. The Bertz CT molecular complexity index is 1600. The lowest BCUT2D eigenvalue weighted by atomic mass is 9.97. The Labute approximate surface area is 230 Å². The maximum absolute atomic E-state index is 13.0. The number of aromatic carboxylic acids is 4. The molecule has 0 aromatic heterocycles. The topological polar surface area (TPSA) is 193 Å². The van der Waals surface area contributed by atoms with Gasteiger partial charge < -0.3 is 25.2 Å². The molecule has 0 fully saturated rings. The van der Waals surface area contributed by atoms with E-state index in [9.17, 15) is 39.0 Å². The minimum Gasteiger partial charge on any atom is -0.478 e. The summed E-state index contributed by atoms with van der Waals surface area (Å²) in [5.74, 6) is -8.00. The van der Waals surface area contributed by atoms with Gasteiger partial charge in [-0.1, -0.05) is 36.4 Å². The van der Waals surface area contributed by atoms with Crippen LogP contribution >= 0.6 is 0 Å². The van der Waals surface area contributed by atoms with Gasteiger partial charge in [-0.15, -0.1) is 0 Å². The number of carboxylic acids is 4.